The van der Waals surface area contributed by atoms with E-state index >= 15 is 0 Å². The summed E-state index contributed by atoms with van der Waals surface area (Å²) in [4.78, 5) is 12.8. The molecule has 1 aliphatic heterocycles. The van der Waals surface area contributed by atoms with E-state index in [9.17, 15) is 4.79 Å². The molecule has 5 rings (SSSR count). The first kappa shape index (κ1) is 15.9. The number of aromatic nitrogens is 3. The van der Waals surface area contributed by atoms with Crippen LogP contribution in [0.1, 0.15) is 79.1 Å². The van der Waals surface area contributed by atoms with Crippen molar-refractivity contribution in [2.24, 2.45) is 0 Å². The standard InChI is InChI=1S/C20H24N4O2/c1-20(2)11-26-17-14(4-3-5-15(17)20)19(25)21-10-16-22-23-18(12-6-7-12)24(16)13-8-9-13/h3-5,12-13H,6-11H2,1-2H3,(H,21,25). The SMILES string of the molecule is CC1(C)COc2c(C(=O)NCc3nnc(C4CC4)n3C3CC3)cccc21. The molecule has 0 unspecified atom stereocenters. The normalized spacial score (nSPS) is 20.5. The van der Waals surface area contributed by atoms with E-state index < -0.39 is 0 Å². The fourth-order valence-corrected chi connectivity index (χ4v) is 3.80. The molecule has 0 atom stereocenters. The maximum Gasteiger partial charge on any atom is 0.255 e. The van der Waals surface area contributed by atoms with E-state index in [-0.39, 0.29) is 11.3 Å². The Labute approximate surface area is 153 Å². The first-order valence-electron chi connectivity index (χ1n) is 9.53. The highest BCUT2D eigenvalue weighted by Crippen LogP contribution is 2.45. The van der Waals surface area contributed by atoms with Crippen LogP contribution in [-0.4, -0.2) is 27.3 Å². The van der Waals surface area contributed by atoms with E-state index in [1.54, 1.807) is 0 Å². The Kier molecular flexibility index (Phi) is 3.39. The van der Waals surface area contributed by atoms with Crippen molar-refractivity contribution in [3.8, 4) is 5.75 Å². The summed E-state index contributed by atoms with van der Waals surface area (Å²) in [5, 5.41) is 11.8. The smallest absolute Gasteiger partial charge is 0.255 e. The van der Waals surface area contributed by atoms with Gasteiger partial charge in [0.25, 0.3) is 5.91 Å². The van der Waals surface area contributed by atoms with Crippen LogP contribution in [0.4, 0.5) is 0 Å². The minimum absolute atomic E-state index is 0.0586. The van der Waals surface area contributed by atoms with Gasteiger partial charge in [-0.3, -0.25) is 4.79 Å². The Morgan fingerprint density at radius 1 is 1.27 bits per heavy atom. The number of fused-ring (bicyclic) bond motifs is 1. The summed E-state index contributed by atoms with van der Waals surface area (Å²) in [6, 6.07) is 6.33. The summed E-state index contributed by atoms with van der Waals surface area (Å²) in [5.74, 6) is 3.16. The highest BCUT2D eigenvalue weighted by Gasteiger charge is 2.37. The summed E-state index contributed by atoms with van der Waals surface area (Å²) in [6.45, 7) is 5.28. The molecule has 1 amide bonds. The van der Waals surface area contributed by atoms with Gasteiger partial charge in [-0.2, -0.15) is 0 Å². The molecular formula is C20H24N4O2. The van der Waals surface area contributed by atoms with E-state index in [1.807, 2.05) is 18.2 Å². The molecule has 26 heavy (non-hydrogen) atoms. The van der Waals surface area contributed by atoms with E-state index in [2.05, 4.69) is 33.9 Å². The molecule has 2 heterocycles. The molecule has 2 aromatic rings. The van der Waals surface area contributed by atoms with E-state index in [4.69, 9.17) is 4.74 Å². The molecule has 1 aromatic heterocycles. The van der Waals surface area contributed by atoms with Gasteiger partial charge in [0.05, 0.1) is 18.7 Å². The van der Waals surface area contributed by atoms with Crippen molar-refractivity contribution >= 4 is 5.91 Å². The Morgan fingerprint density at radius 2 is 2.08 bits per heavy atom. The number of hydrogen-bond acceptors (Lipinski definition) is 4. The number of amides is 1. The molecular weight excluding hydrogens is 328 g/mol. The molecule has 3 aliphatic rings. The van der Waals surface area contributed by atoms with Crippen molar-refractivity contribution in [3.63, 3.8) is 0 Å². The van der Waals surface area contributed by atoms with Gasteiger partial charge in [0.15, 0.2) is 5.82 Å². The largest absolute Gasteiger partial charge is 0.492 e. The highest BCUT2D eigenvalue weighted by molar-refractivity contribution is 5.97. The van der Waals surface area contributed by atoms with Crippen molar-refractivity contribution < 1.29 is 9.53 Å². The van der Waals surface area contributed by atoms with E-state index in [0.717, 1.165) is 23.0 Å². The molecule has 6 heteroatoms. The summed E-state index contributed by atoms with van der Waals surface area (Å²) in [5.41, 5.74) is 1.65. The predicted molar refractivity (Wildman–Crippen MR) is 96.4 cm³/mol. The number of nitrogens with zero attached hydrogens (tertiary/aromatic N) is 3. The minimum atomic E-state index is -0.113. The zero-order valence-corrected chi connectivity index (χ0v) is 15.3. The highest BCUT2D eigenvalue weighted by atomic mass is 16.5. The molecule has 136 valence electrons. The number of hydrogen-bond donors (Lipinski definition) is 1. The van der Waals surface area contributed by atoms with Gasteiger partial charge in [-0.15, -0.1) is 10.2 Å². The van der Waals surface area contributed by atoms with Gasteiger partial charge in [-0.25, -0.2) is 0 Å². The second kappa shape index (κ2) is 5.56. The van der Waals surface area contributed by atoms with Gasteiger partial charge in [0, 0.05) is 22.9 Å². The average molecular weight is 352 g/mol. The molecule has 0 radical (unpaired) electrons. The quantitative estimate of drug-likeness (QED) is 0.898. The van der Waals surface area contributed by atoms with Crippen LogP contribution in [0.5, 0.6) is 5.75 Å². The lowest BCUT2D eigenvalue weighted by atomic mass is 9.86. The number of rotatable bonds is 5. The number of ether oxygens (including phenoxy) is 1. The van der Waals surface area contributed by atoms with E-state index in [0.29, 0.717) is 30.7 Å². The van der Waals surface area contributed by atoms with Gasteiger partial charge in [0.1, 0.15) is 11.6 Å². The van der Waals surface area contributed by atoms with Gasteiger partial charge in [-0.1, -0.05) is 26.0 Å². The summed E-state index contributed by atoms with van der Waals surface area (Å²) in [6.07, 6.45) is 4.79. The fourth-order valence-electron chi connectivity index (χ4n) is 3.80. The average Bonchev–Trinajstić information content (AvgIpc) is 3.56. The summed E-state index contributed by atoms with van der Waals surface area (Å²) >= 11 is 0. The van der Waals surface area contributed by atoms with Crippen molar-refractivity contribution in [2.45, 2.75) is 63.5 Å². The second-order valence-corrected chi connectivity index (χ2v) is 8.39. The van der Waals surface area contributed by atoms with Gasteiger partial charge in [-0.05, 0) is 31.7 Å². The lowest BCUT2D eigenvalue weighted by Gasteiger charge is -2.15. The lowest BCUT2D eigenvalue weighted by molar-refractivity contribution is 0.0946. The molecule has 2 aliphatic carbocycles. The third-order valence-electron chi connectivity index (χ3n) is 5.62. The predicted octanol–water partition coefficient (Wildman–Crippen LogP) is 3.09. The first-order valence-corrected chi connectivity index (χ1v) is 9.53. The van der Waals surface area contributed by atoms with Crippen LogP contribution in [-0.2, 0) is 12.0 Å². The zero-order chi connectivity index (χ0) is 17.9. The van der Waals surface area contributed by atoms with Crippen molar-refractivity contribution in [3.05, 3.63) is 41.0 Å². The molecule has 2 saturated carbocycles. The lowest BCUT2D eigenvalue weighted by Crippen LogP contribution is -2.25. The van der Waals surface area contributed by atoms with Crippen LogP contribution >= 0.6 is 0 Å². The summed E-state index contributed by atoms with van der Waals surface area (Å²) < 4.78 is 8.11. The zero-order valence-electron chi connectivity index (χ0n) is 15.3. The molecule has 0 saturated heterocycles. The maximum atomic E-state index is 12.8. The monoisotopic (exact) mass is 352 g/mol. The number of para-hydroxylation sites is 1. The molecule has 0 bridgehead atoms. The maximum absolute atomic E-state index is 12.8. The molecule has 6 nitrogen and oxygen atoms in total. The van der Waals surface area contributed by atoms with Crippen molar-refractivity contribution in [2.75, 3.05) is 6.61 Å². The molecule has 2 fully saturated rings. The van der Waals surface area contributed by atoms with Gasteiger partial charge >= 0.3 is 0 Å². The van der Waals surface area contributed by atoms with Crippen molar-refractivity contribution in [1.82, 2.24) is 20.1 Å². The number of benzene rings is 1. The number of nitrogens with one attached hydrogen (secondary N) is 1. The van der Waals surface area contributed by atoms with Gasteiger partial charge in [0.2, 0.25) is 0 Å². The Morgan fingerprint density at radius 3 is 2.81 bits per heavy atom. The molecule has 1 N–H and O–H groups in total. The van der Waals surface area contributed by atoms with Crippen LogP contribution in [0.3, 0.4) is 0 Å². The Balaban J connectivity index is 1.36. The van der Waals surface area contributed by atoms with Crippen LogP contribution < -0.4 is 10.1 Å². The number of carbonyl (C=O) groups excluding carboxylic acids is 1. The van der Waals surface area contributed by atoms with Crippen LogP contribution in [0, 0.1) is 0 Å². The van der Waals surface area contributed by atoms with Crippen LogP contribution in [0.2, 0.25) is 0 Å². The Hall–Kier alpha value is -2.37. The number of carbonyl (C=O) groups is 1. The third-order valence-corrected chi connectivity index (χ3v) is 5.62. The Bertz CT molecular complexity index is 878. The summed E-state index contributed by atoms with van der Waals surface area (Å²) in [7, 11) is 0. The third kappa shape index (κ3) is 2.59. The molecule has 1 aromatic carbocycles. The topological polar surface area (TPSA) is 69.0 Å². The fraction of sp³-hybridized carbons (Fsp3) is 0.550. The van der Waals surface area contributed by atoms with Crippen LogP contribution in [0.15, 0.2) is 18.2 Å². The molecule has 0 spiro atoms. The first-order chi connectivity index (χ1) is 12.5. The van der Waals surface area contributed by atoms with Gasteiger partial charge < -0.3 is 14.6 Å². The van der Waals surface area contributed by atoms with E-state index in [1.165, 1.54) is 25.7 Å². The minimum Gasteiger partial charge on any atom is -0.492 e. The second-order valence-electron chi connectivity index (χ2n) is 8.39. The van der Waals surface area contributed by atoms with Crippen molar-refractivity contribution in [1.29, 1.82) is 0 Å². The van der Waals surface area contributed by atoms with Crippen LogP contribution in [0.25, 0.3) is 0 Å².